The van der Waals surface area contributed by atoms with E-state index in [0.29, 0.717) is 18.8 Å². The third-order valence-corrected chi connectivity index (χ3v) is 6.30. The van der Waals surface area contributed by atoms with Crippen molar-refractivity contribution in [1.29, 1.82) is 0 Å². The molecule has 0 unspecified atom stereocenters. The average molecular weight is 381 g/mol. The maximum atomic E-state index is 12.6. The number of rotatable bonds is 6. The quantitative estimate of drug-likeness (QED) is 0.787. The Labute approximate surface area is 155 Å². The van der Waals surface area contributed by atoms with Gasteiger partial charge in [-0.15, -0.1) is 0 Å². The van der Waals surface area contributed by atoms with Crippen molar-refractivity contribution in [3.8, 4) is 0 Å². The predicted octanol–water partition coefficient (Wildman–Crippen LogP) is 1.96. The molecule has 0 bridgehead atoms. The zero-order valence-corrected chi connectivity index (χ0v) is 16.3. The highest BCUT2D eigenvalue weighted by molar-refractivity contribution is 7.89. The number of benzene rings is 1. The van der Waals surface area contributed by atoms with E-state index in [1.165, 1.54) is 23.4 Å². The molecule has 0 spiro atoms. The summed E-state index contributed by atoms with van der Waals surface area (Å²) in [5.74, 6) is -0.679. The van der Waals surface area contributed by atoms with E-state index < -0.39 is 16.1 Å². The fraction of sp³-hybridized carbons (Fsp3) is 0.556. The molecule has 7 nitrogen and oxygen atoms in total. The highest BCUT2D eigenvalue weighted by atomic mass is 32.2. The first-order chi connectivity index (χ1) is 12.2. The van der Waals surface area contributed by atoms with Crippen molar-refractivity contribution in [2.24, 2.45) is 5.92 Å². The molecule has 1 saturated heterocycles. The molecule has 2 amide bonds. The number of hydrogen-bond acceptors (Lipinski definition) is 4. The van der Waals surface area contributed by atoms with Crippen molar-refractivity contribution < 1.29 is 18.0 Å². The topological polar surface area (TPSA) is 95.6 Å². The maximum Gasteiger partial charge on any atom is 0.247 e. The largest absolute Gasteiger partial charge is 0.344 e. The number of nitrogens with zero attached hydrogens (tertiary/aromatic N) is 1. The SMILES string of the molecule is CC(=O)N[C@@H](C(=O)Nc1ccc(S(=O)(=O)N2CCCCC2)cc1)C(C)C. The van der Waals surface area contributed by atoms with Crippen LogP contribution in [0.2, 0.25) is 0 Å². The van der Waals surface area contributed by atoms with Crippen molar-refractivity contribution in [2.75, 3.05) is 18.4 Å². The molecular formula is C18H27N3O4S. The molecule has 0 aliphatic carbocycles. The van der Waals surface area contributed by atoms with Gasteiger partial charge in [0.25, 0.3) is 0 Å². The van der Waals surface area contributed by atoms with Gasteiger partial charge in [0.1, 0.15) is 6.04 Å². The normalized spacial score (nSPS) is 16.9. The summed E-state index contributed by atoms with van der Waals surface area (Å²) in [6, 6.07) is 5.49. The van der Waals surface area contributed by atoms with Crippen LogP contribution in [-0.2, 0) is 19.6 Å². The van der Waals surface area contributed by atoms with Crippen LogP contribution < -0.4 is 10.6 Å². The van der Waals surface area contributed by atoms with Crippen molar-refractivity contribution in [2.45, 2.75) is 51.0 Å². The van der Waals surface area contributed by atoms with Crippen molar-refractivity contribution in [3.05, 3.63) is 24.3 Å². The number of carbonyl (C=O) groups is 2. The highest BCUT2D eigenvalue weighted by Crippen LogP contribution is 2.22. The van der Waals surface area contributed by atoms with Gasteiger partial charge in [-0.1, -0.05) is 20.3 Å². The van der Waals surface area contributed by atoms with E-state index in [0.717, 1.165) is 19.3 Å². The lowest BCUT2D eigenvalue weighted by Gasteiger charge is -2.26. The molecular weight excluding hydrogens is 354 g/mol. The van der Waals surface area contributed by atoms with Crippen LogP contribution in [0.5, 0.6) is 0 Å². The molecule has 1 aromatic rings. The van der Waals surface area contributed by atoms with Crippen molar-refractivity contribution >= 4 is 27.5 Å². The molecule has 1 fully saturated rings. The minimum Gasteiger partial charge on any atom is -0.344 e. The number of piperidine rings is 1. The Kier molecular flexibility index (Phi) is 6.77. The highest BCUT2D eigenvalue weighted by Gasteiger charge is 2.26. The summed E-state index contributed by atoms with van der Waals surface area (Å²) in [6.45, 7) is 6.15. The molecule has 0 radical (unpaired) electrons. The van der Waals surface area contributed by atoms with E-state index in [-0.39, 0.29) is 22.6 Å². The van der Waals surface area contributed by atoms with Crippen LogP contribution in [0.4, 0.5) is 5.69 Å². The molecule has 0 saturated carbocycles. The summed E-state index contributed by atoms with van der Waals surface area (Å²) in [7, 11) is -3.49. The molecule has 1 atom stereocenters. The summed E-state index contributed by atoms with van der Waals surface area (Å²) >= 11 is 0. The molecule has 26 heavy (non-hydrogen) atoms. The summed E-state index contributed by atoms with van der Waals surface area (Å²) < 4.78 is 26.8. The fourth-order valence-electron chi connectivity index (χ4n) is 2.94. The molecule has 1 aromatic carbocycles. The monoisotopic (exact) mass is 381 g/mol. The first kappa shape index (κ1) is 20.4. The van der Waals surface area contributed by atoms with Gasteiger partial charge in [-0.25, -0.2) is 8.42 Å². The van der Waals surface area contributed by atoms with E-state index in [1.807, 2.05) is 13.8 Å². The number of nitrogens with one attached hydrogen (secondary N) is 2. The van der Waals surface area contributed by atoms with Gasteiger partial charge in [0, 0.05) is 25.7 Å². The lowest BCUT2D eigenvalue weighted by atomic mass is 10.0. The third-order valence-electron chi connectivity index (χ3n) is 4.38. The van der Waals surface area contributed by atoms with E-state index in [4.69, 9.17) is 0 Å². The van der Waals surface area contributed by atoms with E-state index >= 15 is 0 Å². The standard InChI is InChI=1S/C18H27N3O4S/c1-13(2)17(19-14(3)22)18(23)20-15-7-9-16(10-8-15)26(24,25)21-11-5-4-6-12-21/h7-10,13,17H,4-6,11-12H2,1-3H3,(H,19,22)(H,20,23)/t17-/m1/s1. The first-order valence-electron chi connectivity index (χ1n) is 8.90. The van der Waals surface area contributed by atoms with Gasteiger partial charge in [-0.05, 0) is 43.0 Å². The Bertz CT molecular complexity index is 738. The average Bonchev–Trinajstić information content (AvgIpc) is 2.60. The molecule has 1 aliphatic rings. The maximum absolute atomic E-state index is 12.6. The molecule has 2 rings (SSSR count). The molecule has 1 aliphatic heterocycles. The number of sulfonamides is 1. The minimum absolute atomic E-state index is 0.0716. The smallest absolute Gasteiger partial charge is 0.247 e. The van der Waals surface area contributed by atoms with Crippen molar-refractivity contribution in [3.63, 3.8) is 0 Å². The Hall–Kier alpha value is -1.93. The van der Waals surface area contributed by atoms with Crippen LogP contribution in [0.25, 0.3) is 0 Å². The second-order valence-corrected chi connectivity index (χ2v) is 8.84. The first-order valence-corrected chi connectivity index (χ1v) is 10.3. The summed E-state index contributed by atoms with van der Waals surface area (Å²) in [5, 5.41) is 5.35. The van der Waals surface area contributed by atoms with Crippen LogP contribution >= 0.6 is 0 Å². The molecule has 144 valence electrons. The lowest BCUT2D eigenvalue weighted by Crippen LogP contribution is -2.46. The number of hydrogen-bond donors (Lipinski definition) is 2. The van der Waals surface area contributed by atoms with Crippen LogP contribution in [0.3, 0.4) is 0 Å². The van der Waals surface area contributed by atoms with Gasteiger partial charge < -0.3 is 10.6 Å². The van der Waals surface area contributed by atoms with Crippen molar-refractivity contribution in [1.82, 2.24) is 9.62 Å². The molecule has 2 N–H and O–H groups in total. The number of anilines is 1. The predicted molar refractivity (Wildman–Crippen MR) is 100 cm³/mol. The van der Waals surface area contributed by atoms with E-state index in [9.17, 15) is 18.0 Å². The Balaban J connectivity index is 2.09. The van der Waals surface area contributed by atoms with E-state index in [1.54, 1.807) is 12.1 Å². The zero-order valence-electron chi connectivity index (χ0n) is 15.5. The Morgan fingerprint density at radius 3 is 2.12 bits per heavy atom. The minimum atomic E-state index is -3.49. The summed E-state index contributed by atoms with van der Waals surface area (Å²) in [6.07, 6.45) is 2.82. The molecule has 1 heterocycles. The Morgan fingerprint density at radius 2 is 1.62 bits per heavy atom. The summed E-state index contributed by atoms with van der Waals surface area (Å²) in [5.41, 5.74) is 0.489. The van der Waals surface area contributed by atoms with Crippen LogP contribution in [0, 0.1) is 5.92 Å². The Morgan fingerprint density at radius 1 is 1.04 bits per heavy atom. The van der Waals surface area contributed by atoms with Crippen LogP contribution in [0.1, 0.15) is 40.0 Å². The van der Waals surface area contributed by atoms with Gasteiger partial charge in [0.15, 0.2) is 0 Å². The summed E-state index contributed by atoms with van der Waals surface area (Å²) in [4.78, 5) is 23.8. The molecule has 0 aromatic heterocycles. The van der Waals surface area contributed by atoms with E-state index in [2.05, 4.69) is 10.6 Å². The van der Waals surface area contributed by atoms with Gasteiger partial charge in [0.05, 0.1) is 4.90 Å². The molecule has 8 heteroatoms. The van der Waals surface area contributed by atoms with Crippen LogP contribution in [-0.4, -0.2) is 43.7 Å². The third kappa shape index (κ3) is 5.04. The van der Waals surface area contributed by atoms with Gasteiger partial charge in [-0.2, -0.15) is 4.31 Å². The number of amides is 2. The lowest BCUT2D eigenvalue weighted by molar-refractivity contribution is -0.126. The second-order valence-electron chi connectivity index (χ2n) is 6.90. The number of carbonyl (C=O) groups excluding carboxylic acids is 2. The zero-order chi connectivity index (χ0) is 19.3. The van der Waals surface area contributed by atoms with Gasteiger partial charge in [0.2, 0.25) is 21.8 Å². The fourth-order valence-corrected chi connectivity index (χ4v) is 4.46. The van der Waals surface area contributed by atoms with Gasteiger partial charge >= 0.3 is 0 Å². The second kappa shape index (κ2) is 8.64. The van der Waals surface area contributed by atoms with Gasteiger partial charge in [-0.3, -0.25) is 9.59 Å². The van der Waals surface area contributed by atoms with Crippen LogP contribution in [0.15, 0.2) is 29.2 Å².